The summed E-state index contributed by atoms with van der Waals surface area (Å²) >= 11 is 5.97. The van der Waals surface area contributed by atoms with E-state index < -0.39 is 0 Å². The third-order valence-corrected chi connectivity index (χ3v) is 3.43. The quantitative estimate of drug-likeness (QED) is 0.742. The highest BCUT2D eigenvalue weighted by molar-refractivity contribution is 6.31. The maximum absolute atomic E-state index is 10.8. The zero-order valence-corrected chi connectivity index (χ0v) is 10.1. The smallest absolute Gasteiger partial charge is 0.131 e. The predicted octanol–water partition coefficient (Wildman–Crippen LogP) is 4.12. The second-order valence-electron chi connectivity index (χ2n) is 4.12. The van der Waals surface area contributed by atoms with E-state index in [1.807, 2.05) is 6.07 Å². The van der Waals surface area contributed by atoms with Gasteiger partial charge in [0.25, 0.3) is 0 Å². The van der Waals surface area contributed by atoms with Crippen LogP contribution in [-0.4, -0.2) is 12.6 Å². The fraction of sp³-hybridized carbons (Fsp3) is 0.500. The Balaban J connectivity index is 2.37. The van der Waals surface area contributed by atoms with Crippen LogP contribution >= 0.6 is 11.6 Å². The van der Waals surface area contributed by atoms with Gasteiger partial charge in [0.2, 0.25) is 0 Å². The molecule has 16 heavy (non-hydrogen) atoms. The molecule has 1 aliphatic heterocycles. The third-order valence-electron chi connectivity index (χ3n) is 3.19. The average molecular weight is 239 g/mol. The van der Waals surface area contributed by atoms with E-state index in [1.165, 1.54) is 12.8 Å². The zero-order chi connectivity index (χ0) is 11.5. The summed E-state index contributed by atoms with van der Waals surface area (Å²) < 4.78 is 0. The minimum atomic E-state index is 0.491. The van der Waals surface area contributed by atoms with Gasteiger partial charge in [-0.3, -0.25) is 0 Å². The zero-order valence-electron chi connectivity index (χ0n) is 9.32. The van der Waals surface area contributed by atoms with Gasteiger partial charge in [0, 0.05) is 17.6 Å². The Morgan fingerprint density at radius 1 is 1.56 bits per heavy atom. The number of benzene rings is 1. The van der Waals surface area contributed by atoms with Gasteiger partial charge in [-0.2, -0.15) is 0 Å². The minimum Gasteiger partial charge on any atom is -0.367 e. The van der Waals surface area contributed by atoms with Crippen molar-refractivity contribution in [3.63, 3.8) is 0 Å². The van der Waals surface area contributed by atoms with E-state index in [-0.39, 0.29) is 0 Å². The van der Waals surface area contributed by atoms with Crippen LogP contribution in [0.1, 0.15) is 26.2 Å². The number of halogens is 1. The number of rotatable bonds is 3. The lowest BCUT2D eigenvalue weighted by molar-refractivity contribution is 0.646. The second-order valence-corrected chi connectivity index (χ2v) is 4.56. The molecule has 1 fully saturated rings. The number of nitrogens with zero attached hydrogens (tertiary/aromatic N) is 2. The van der Waals surface area contributed by atoms with Crippen LogP contribution in [0.4, 0.5) is 11.4 Å². The number of hydrogen-bond acceptors (Lipinski definition) is 3. The maximum atomic E-state index is 10.8. The lowest BCUT2D eigenvalue weighted by Crippen LogP contribution is -2.28. The molecule has 0 saturated carbocycles. The lowest BCUT2D eigenvalue weighted by atomic mass is 10.1. The molecule has 0 radical (unpaired) electrons. The third kappa shape index (κ3) is 2.05. The molecule has 1 heterocycles. The number of anilines is 1. The first-order chi connectivity index (χ1) is 7.76. The Labute approximate surface area is 100 Å². The highest BCUT2D eigenvalue weighted by Crippen LogP contribution is 2.36. The molecule has 1 saturated heterocycles. The van der Waals surface area contributed by atoms with E-state index in [1.54, 1.807) is 12.1 Å². The van der Waals surface area contributed by atoms with E-state index in [0.717, 1.165) is 18.7 Å². The Morgan fingerprint density at radius 2 is 2.38 bits per heavy atom. The van der Waals surface area contributed by atoms with Crippen molar-refractivity contribution in [3.8, 4) is 0 Å². The molecule has 1 aliphatic rings. The molecule has 2 rings (SSSR count). The summed E-state index contributed by atoms with van der Waals surface area (Å²) in [7, 11) is 0. The van der Waals surface area contributed by atoms with E-state index >= 15 is 0 Å². The fourth-order valence-electron chi connectivity index (χ4n) is 2.38. The van der Waals surface area contributed by atoms with Crippen LogP contribution in [0.15, 0.2) is 23.4 Å². The highest BCUT2D eigenvalue weighted by atomic mass is 35.5. The molecule has 1 atom stereocenters. The van der Waals surface area contributed by atoms with Gasteiger partial charge < -0.3 is 4.90 Å². The summed E-state index contributed by atoms with van der Waals surface area (Å²) in [6, 6.07) is 5.75. The number of nitroso groups, excluding NO2 is 1. The van der Waals surface area contributed by atoms with Crippen molar-refractivity contribution in [1.29, 1.82) is 0 Å². The van der Waals surface area contributed by atoms with Gasteiger partial charge in [0.1, 0.15) is 5.69 Å². The van der Waals surface area contributed by atoms with Gasteiger partial charge in [-0.15, -0.1) is 4.91 Å². The Hall–Kier alpha value is -1.09. The molecule has 4 heteroatoms. The Morgan fingerprint density at radius 3 is 3.06 bits per heavy atom. The summed E-state index contributed by atoms with van der Waals surface area (Å²) in [5, 5.41) is 3.73. The molecule has 0 amide bonds. The average Bonchev–Trinajstić information content (AvgIpc) is 2.76. The van der Waals surface area contributed by atoms with Crippen molar-refractivity contribution in [3.05, 3.63) is 28.1 Å². The van der Waals surface area contributed by atoms with Crippen LogP contribution in [-0.2, 0) is 0 Å². The first-order valence-electron chi connectivity index (χ1n) is 5.65. The van der Waals surface area contributed by atoms with Gasteiger partial charge in [0.15, 0.2) is 0 Å². The lowest BCUT2D eigenvalue weighted by Gasteiger charge is -2.26. The summed E-state index contributed by atoms with van der Waals surface area (Å²) in [5.74, 6) is 0. The van der Waals surface area contributed by atoms with Crippen LogP contribution in [0.25, 0.3) is 0 Å². The van der Waals surface area contributed by atoms with Crippen LogP contribution in [0.5, 0.6) is 0 Å². The monoisotopic (exact) mass is 238 g/mol. The van der Waals surface area contributed by atoms with Crippen LogP contribution in [0, 0.1) is 4.91 Å². The second kappa shape index (κ2) is 4.83. The molecular formula is C12H15ClN2O. The normalized spacial score (nSPS) is 20.1. The van der Waals surface area contributed by atoms with Gasteiger partial charge in [-0.1, -0.05) is 18.5 Å². The first kappa shape index (κ1) is 11.4. The predicted molar refractivity (Wildman–Crippen MR) is 67.6 cm³/mol. The molecule has 86 valence electrons. The summed E-state index contributed by atoms with van der Waals surface area (Å²) in [4.78, 5) is 13.0. The van der Waals surface area contributed by atoms with E-state index in [0.29, 0.717) is 16.8 Å². The molecular weight excluding hydrogens is 224 g/mol. The summed E-state index contributed by atoms with van der Waals surface area (Å²) in [6.45, 7) is 3.16. The van der Waals surface area contributed by atoms with Crippen LogP contribution < -0.4 is 4.90 Å². The van der Waals surface area contributed by atoms with Crippen molar-refractivity contribution >= 4 is 23.0 Å². The van der Waals surface area contributed by atoms with Crippen molar-refractivity contribution in [2.75, 3.05) is 11.4 Å². The molecule has 0 aromatic heterocycles. The molecule has 0 bridgehead atoms. The van der Waals surface area contributed by atoms with E-state index in [4.69, 9.17) is 11.6 Å². The van der Waals surface area contributed by atoms with Gasteiger partial charge in [0.05, 0.1) is 5.69 Å². The SMILES string of the molecule is CCC1CCCN1c1cc(Cl)ccc1N=O. The Kier molecular flexibility index (Phi) is 3.44. The molecule has 3 nitrogen and oxygen atoms in total. The number of hydrogen-bond donors (Lipinski definition) is 0. The molecule has 0 N–H and O–H groups in total. The summed E-state index contributed by atoms with van der Waals surface area (Å²) in [5.41, 5.74) is 1.37. The molecule has 0 aliphatic carbocycles. The van der Waals surface area contributed by atoms with Crippen molar-refractivity contribution in [2.45, 2.75) is 32.2 Å². The first-order valence-corrected chi connectivity index (χ1v) is 6.03. The van der Waals surface area contributed by atoms with Gasteiger partial charge in [-0.05, 0) is 42.6 Å². The molecule has 1 aromatic carbocycles. The van der Waals surface area contributed by atoms with Crippen molar-refractivity contribution < 1.29 is 0 Å². The highest BCUT2D eigenvalue weighted by Gasteiger charge is 2.25. The van der Waals surface area contributed by atoms with E-state index in [9.17, 15) is 4.91 Å². The van der Waals surface area contributed by atoms with Gasteiger partial charge in [-0.25, -0.2) is 0 Å². The van der Waals surface area contributed by atoms with Crippen LogP contribution in [0.3, 0.4) is 0 Å². The standard InChI is InChI=1S/C12H15ClN2O/c1-2-10-4-3-7-15(10)12-8-9(13)5-6-11(12)14-16/h5-6,8,10H,2-4,7H2,1H3. The minimum absolute atomic E-state index is 0.491. The van der Waals surface area contributed by atoms with Gasteiger partial charge >= 0.3 is 0 Å². The fourth-order valence-corrected chi connectivity index (χ4v) is 2.55. The van der Waals surface area contributed by atoms with E-state index in [2.05, 4.69) is 17.0 Å². The summed E-state index contributed by atoms with van der Waals surface area (Å²) in [6.07, 6.45) is 3.44. The largest absolute Gasteiger partial charge is 0.367 e. The maximum Gasteiger partial charge on any atom is 0.131 e. The topological polar surface area (TPSA) is 32.7 Å². The van der Waals surface area contributed by atoms with Crippen molar-refractivity contribution in [2.24, 2.45) is 5.18 Å². The molecule has 0 spiro atoms. The van der Waals surface area contributed by atoms with Crippen LogP contribution in [0.2, 0.25) is 5.02 Å². The Bertz CT molecular complexity index is 395. The van der Waals surface area contributed by atoms with Crippen molar-refractivity contribution in [1.82, 2.24) is 0 Å². The molecule has 1 aromatic rings. The molecule has 1 unspecified atom stereocenters.